The Bertz CT molecular complexity index is 516. The van der Waals surface area contributed by atoms with Gasteiger partial charge in [0.25, 0.3) is 10.1 Å². The summed E-state index contributed by atoms with van der Waals surface area (Å²) in [5.41, 5.74) is -1.87. The van der Waals surface area contributed by atoms with Gasteiger partial charge in [-0.15, -0.1) is 0 Å². The Morgan fingerprint density at radius 3 is 1.11 bits per heavy atom. The van der Waals surface area contributed by atoms with Gasteiger partial charge in [-0.25, -0.2) is 4.39 Å². The van der Waals surface area contributed by atoms with Crippen molar-refractivity contribution >= 4 is 10.1 Å². The van der Waals surface area contributed by atoms with E-state index in [1.807, 2.05) is 0 Å². The SMILES string of the molecule is CCCCCCCCCCCCCCCCCCCOS(=O)(=O)C(F)CCCCCCCCCC.N. The van der Waals surface area contributed by atoms with Crippen LogP contribution in [0.2, 0.25) is 0 Å². The molecule has 6 heteroatoms. The lowest BCUT2D eigenvalue weighted by atomic mass is 10.0. The molecule has 1 atom stereocenters. The normalized spacial score (nSPS) is 12.5. The third kappa shape index (κ3) is 26.9. The fourth-order valence-electron chi connectivity index (χ4n) is 4.66. The predicted molar refractivity (Wildman–Crippen MR) is 156 cm³/mol. The second-order valence-electron chi connectivity index (χ2n) is 10.6. The van der Waals surface area contributed by atoms with E-state index in [0.717, 1.165) is 25.7 Å². The molecule has 0 aromatic rings. The molecule has 1 unspecified atom stereocenters. The monoisotopic (exact) mass is 537 g/mol. The Kier molecular flexibility index (Phi) is 30.9. The maximum absolute atomic E-state index is 14.1. The van der Waals surface area contributed by atoms with Crippen LogP contribution in [0.3, 0.4) is 0 Å². The highest BCUT2D eigenvalue weighted by atomic mass is 32.2. The average Bonchev–Trinajstić information content (AvgIpc) is 2.84. The van der Waals surface area contributed by atoms with Crippen LogP contribution in [0.1, 0.15) is 181 Å². The third-order valence-electron chi connectivity index (χ3n) is 7.09. The molecule has 0 heterocycles. The van der Waals surface area contributed by atoms with E-state index in [0.29, 0.717) is 12.8 Å². The van der Waals surface area contributed by atoms with Crippen molar-refractivity contribution in [2.45, 2.75) is 186 Å². The Morgan fingerprint density at radius 2 is 0.778 bits per heavy atom. The van der Waals surface area contributed by atoms with Crippen LogP contribution in [0.15, 0.2) is 0 Å². The molecule has 3 N–H and O–H groups in total. The molecule has 4 nitrogen and oxygen atoms in total. The van der Waals surface area contributed by atoms with Crippen LogP contribution in [0.4, 0.5) is 4.39 Å². The first-order valence-electron chi connectivity index (χ1n) is 15.6. The second kappa shape index (κ2) is 29.4. The van der Waals surface area contributed by atoms with Crippen molar-refractivity contribution in [1.29, 1.82) is 0 Å². The number of rotatable bonds is 29. The first kappa shape index (κ1) is 37.9. The molecule has 0 aromatic heterocycles. The Morgan fingerprint density at radius 1 is 0.500 bits per heavy atom. The molecule has 0 rings (SSSR count). The smallest absolute Gasteiger partial charge is 0.299 e. The van der Waals surface area contributed by atoms with Gasteiger partial charge in [-0.3, -0.25) is 4.18 Å². The van der Waals surface area contributed by atoms with E-state index in [4.69, 9.17) is 4.18 Å². The molecule has 36 heavy (non-hydrogen) atoms. The zero-order valence-corrected chi connectivity index (χ0v) is 25.2. The summed E-state index contributed by atoms with van der Waals surface area (Å²) in [6.07, 6.45) is 30.7. The van der Waals surface area contributed by atoms with Gasteiger partial charge in [0.05, 0.1) is 6.61 Å². The molecule has 0 fully saturated rings. The lowest BCUT2D eigenvalue weighted by Gasteiger charge is -2.10. The minimum atomic E-state index is -4.05. The molecular formula is C30H64FNO3S. The predicted octanol–water partition coefficient (Wildman–Crippen LogP) is 11.0. The minimum Gasteiger partial charge on any atom is -0.344 e. The highest BCUT2D eigenvalue weighted by molar-refractivity contribution is 7.87. The van der Waals surface area contributed by atoms with Gasteiger partial charge in [-0.05, 0) is 19.3 Å². The minimum absolute atomic E-state index is 0. The first-order chi connectivity index (χ1) is 17.0. The summed E-state index contributed by atoms with van der Waals surface area (Å²) in [5.74, 6) is 0. The summed E-state index contributed by atoms with van der Waals surface area (Å²) in [6.45, 7) is 4.59. The van der Waals surface area contributed by atoms with Gasteiger partial charge in [0.2, 0.25) is 5.50 Å². The Balaban J connectivity index is 0. The van der Waals surface area contributed by atoms with Crippen LogP contribution in [-0.2, 0) is 14.3 Å². The van der Waals surface area contributed by atoms with Gasteiger partial charge >= 0.3 is 0 Å². The molecule has 0 aliphatic carbocycles. The number of halogens is 1. The number of hydrogen-bond donors (Lipinski definition) is 1. The van der Waals surface area contributed by atoms with E-state index < -0.39 is 15.6 Å². The van der Waals surface area contributed by atoms with Crippen LogP contribution < -0.4 is 6.15 Å². The summed E-state index contributed by atoms with van der Waals surface area (Å²) in [6, 6.07) is 0. The van der Waals surface area contributed by atoms with Crippen LogP contribution in [-0.4, -0.2) is 20.5 Å². The average molecular weight is 538 g/mol. The fourth-order valence-corrected chi connectivity index (χ4v) is 5.61. The second-order valence-corrected chi connectivity index (χ2v) is 12.4. The summed E-state index contributed by atoms with van der Waals surface area (Å²) in [5, 5.41) is 0. The third-order valence-corrected chi connectivity index (χ3v) is 8.45. The Hall–Kier alpha value is -0.200. The van der Waals surface area contributed by atoms with Crippen molar-refractivity contribution in [3.05, 3.63) is 0 Å². The van der Waals surface area contributed by atoms with Gasteiger partial charge in [-0.2, -0.15) is 8.42 Å². The molecule has 0 aliphatic rings. The molecule has 0 aromatic carbocycles. The molecule has 220 valence electrons. The quantitative estimate of drug-likeness (QED) is 0.0760. The van der Waals surface area contributed by atoms with Gasteiger partial charge in [-0.1, -0.05) is 162 Å². The van der Waals surface area contributed by atoms with Crippen LogP contribution >= 0.6 is 0 Å². The summed E-state index contributed by atoms with van der Waals surface area (Å²) in [7, 11) is -4.05. The molecule has 0 radical (unpaired) electrons. The van der Waals surface area contributed by atoms with Crippen molar-refractivity contribution in [2.24, 2.45) is 0 Å². The summed E-state index contributed by atoms with van der Waals surface area (Å²) in [4.78, 5) is 0. The lowest BCUT2D eigenvalue weighted by Crippen LogP contribution is -2.19. The van der Waals surface area contributed by atoms with E-state index in [-0.39, 0.29) is 19.2 Å². The molecule has 0 aliphatic heterocycles. The summed E-state index contributed by atoms with van der Waals surface area (Å²) < 4.78 is 42.9. The zero-order chi connectivity index (χ0) is 25.9. The number of hydrogen-bond acceptors (Lipinski definition) is 4. The van der Waals surface area contributed by atoms with Crippen LogP contribution in [0.25, 0.3) is 0 Å². The first-order valence-corrected chi connectivity index (χ1v) is 17.0. The van der Waals surface area contributed by atoms with E-state index in [1.165, 1.54) is 122 Å². The highest BCUT2D eigenvalue weighted by Crippen LogP contribution is 2.18. The van der Waals surface area contributed by atoms with Gasteiger partial charge < -0.3 is 6.15 Å². The van der Waals surface area contributed by atoms with Crippen molar-refractivity contribution < 1.29 is 17.0 Å². The van der Waals surface area contributed by atoms with Crippen molar-refractivity contribution in [3.8, 4) is 0 Å². The zero-order valence-electron chi connectivity index (χ0n) is 24.4. The van der Waals surface area contributed by atoms with E-state index >= 15 is 0 Å². The van der Waals surface area contributed by atoms with E-state index in [9.17, 15) is 12.8 Å². The number of alkyl halides is 1. The lowest BCUT2D eigenvalue weighted by molar-refractivity contribution is 0.270. The number of unbranched alkanes of at least 4 members (excludes halogenated alkanes) is 23. The largest absolute Gasteiger partial charge is 0.344 e. The standard InChI is InChI=1S/C30H61FO3S.H3N/c1-3-5-7-9-11-13-14-15-16-17-18-19-20-21-23-25-27-29-34-35(32,33)30(31)28-26-24-22-12-10-8-6-4-2;/h30H,3-29H2,1-2H3;1H3. The van der Waals surface area contributed by atoms with Crippen molar-refractivity contribution in [1.82, 2.24) is 6.15 Å². The molecular weight excluding hydrogens is 473 g/mol. The maximum Gasteiger partial charge on any atom is 0.299 e. The van der Waals surface area contributed by atoms with Crippen molar-refractivity contribution in [3.63, 3.8) is 0 Å². The maximum atomic E-state index is 14.1. The fraction of sp³-hybridized carbons (Fsp3) is 1.00. The molecule has 0 spiro atoms. The highest BCUT2D eigenvalue weighted by Gasteiger charge is 2.25. The molecule has 0 bridgehead atoms. The topological polar surface area (TPSA) is 78.4 Å². The van der Waals surface area contributed by atoms with E-state index in [1.54, 1.807) is 0 Å². The van der Waals surface area contributed by atoms with Gasteiger partial charge in [0, 0.05) is 0 Å². The van der Waals surface area contributed by atoms with Crippen LogP contribution in [0.5, 0.6) is 0 Å². The Labute approximate surface area is 226 Å². The van der Waals surface area contributed by atoms with Gasteiger partial charge in [0.15, 0.2) is 0 Å². The molecule has 0 saturated carbocycles. The molecule has 0 saturated heterocycles. The summed E-state index contributed by atoms with van der Waals surface area (Å²) >= 11 is 0. The van der Waals surface area contributed by atoms with Gasteiger partial charge in [0.1, 0.15) is 0 Å². The van der Waals surface area contributed by atoms with E-state index in [2.05, 4.69) is 13.8 Å². The van der Waals surface area contributed by atoms with Crippen LogP contribution in [0, 0.1) is 0 Å². The molecule has 0 amide bonds. The van der Waals surface area contributed by atoms with Crippen molar-refractivity contribution in [2.75, 3.05) is 6.61 Å².